The third kappa shape index (κ3) is 4.50. The number of hydrogen-bond donors (Lipinski definition) is 1. The molecule has 0 unspecified atom stereocenters. The highest BCUT2D eigenvalue weighted by atomic mass is 16.1. The lowest BCUT2D eigenvalue weighted by Gasteiger charge is -2.01. The zero-order valence-electron chi connectivity index (χ0n) is 7.63. The molecule has 0 radical (unpaired) electrons. The predicted octanol–water partition coefficient (Wildman–Crippen LogP) is 2.40. The molecule has 0 aliphatic rings. The fourth-order valence-corrected chi connectivity index (χ4v) is 0.610. The number of amides is 1. The first-order chi connectivity index (χ1) is 5.74. The molecule has 12 heavy (non-hydrogen) atoms. The molecule has 68 valence electrons. The first-order valence-electron chi connectivity index (χ1n) is 3.99. The van der Waals surface area contributed by atoms with Gasteiger partial charge in [0.05, 0.1) is 0 Å². The Kier molecular flexibility index (Phi) is 5.70. The summed E-state index contributed by atoms with van der Waals surface area (Å²) in [6, 6.07) is 0. The number of nitrogens with one attached hydrogen (secondary N) is 1. The molecule has 2 heteroatoms. The monoisotopic (exact) mass is 167 g/mol. The minimum atomic E-state index is 0. The molecule has 0 fully saturated rings. The van der Waals surface area contributed by atoms with Crippen LogP contribution in [0.5, 0.6) is 0 Å². The molecule has 0 aliphatic heterocycles. The van der Waals surface area contributed by atoms with Gasteiger partial charge in [0.25, 0.3) is 0 Å². The van der Waals surface area contributed by atoms with Gasteiger partial charge in [-0.05, 0) is 19.1 Å². The maximum absolute atomic E-state index is 10.9. The number of carbonyl (C=O) groups excluding carboxylic acids is 1. The molecule has 2 nitrogen and oxygen atoms in total. The van der Waals surface area contributed by atoms with Crippen LogP contribution in [0, 0.1) is 0 Å². The van der Waals surface area contributed by atoms with Crippen molar-refractivity contribution in [3.05, 3.63) is 36.6 Å². The molecule has 1 N–H and O–H groups in total. The zero-order chi connectivity index (χ0) is 9.40. The van der Waals surface area contributed by atoms with Gasteiger partial charge in [-0.25, -0.2) is 0 Å². The number of carbonyl (C=O) groups is 1. The molecule has 0 spiro atoms. The van der Waals surface area contributed by atoms with E-state index in [1.165, 1.54) is 0 Å². The summed E-state index contributed by atoms with van der Waals surface area (Å²) in [5.41, 5.74) is 0.736. The van der Waals surface area contributed by atoms with Crippen LogP contribution in [0.25, 0.3) is 0 Å². The van der Waals surface area contributed by atoms with Gasteiger partial charge >= 0.3 is 0 Å². The van der Waals surface area contributed by atoms with Gasteiger partial charge in [-0.3, -0.25) is 4.79 Å². The average Bonchev–Trinajstić information content (AvgIpc) is 2.11. The fraction of sp³-hybridized carbons (Fsp3) is 0.300. The molecule has 0 aromatic heterocycles. The van der Waals surface area contributed by atoms with Crippen LogP contribution in [0.15, 0.2) is 36.6 Å². The predicted molar refractivity (Wildman–Crippen MR) is 53.6 cm³/mol. The topological polar surface area (TPSA) is 29.1 Å². The average molecular weight is 167 g/mol. The summed E-state index contributed by atoms with van der Waals surface area (Å²) in [7, 11) is 0. The van der Waals surface area contributed by atoms with Crippen molar-refractivity contribution in [3.63, 3.8) is 0 Å². The van der Waals surface area contributed by atoms with Crippen molar-refractivity contribution in [1.29, 1.82) is 0 Å². The molecule has 0 aromatic rings. The molecule has 1 amide bonds. The summed E-state index contributed by atoms with van der Waals surface area (Å²) in [6.45, 7) is 7.31. The van der Waals surface area contributed by atoms with Gasteiger partial charge < -0.3 is 5.32 Å². The summed E-state index contributed by atoms with van der Waals surface area (Å²) in [5, 5.41) is 2.70. The van der Waals surface area contributed by atoms with Gasteiger partial charge in [-0.2, -0.15) is 0 Å². The van der Waals surface area contributed by atoms with Crippen LogP contribution < -0.4 is 5.32 Å². The lowest BCUT2D eigenvalue weighted by atomic mass is 10.3. The van der Waals surface area contributed by atoms with Crippen molar-refractivity contribution in [1.82, 2.24) is 5.32 Å². The Bertz CT molecular complexity index is 219. The molecule has 0 aliphatic carbocycles. The maximum atomic E-state index is 10.9. The van der Waals surface area contributed by atoms with E-state index in [4.69, 9.17) is 0 Å². The van der Waals surface area contributed by atoms with Crippen LogP contribution in [-0.4, -0.2) is 5.91 Å². The zero-order valence-corrected chi connectivity index (χ0v) is 7.63. The van der Waals surface area contributed by atoms with Gasteiger partial charge in [0.1, 0.15) is 0 Å². The van der Waals surface area contributed by atoms with Gasteiger partial charge in [0.2, 0.25) is 5.91 Å². The molecule has 0 atom stereocenters. The molecule has 0 rings (SSSR count). The first kappa shape index (κ1) is 10.7. The van der Waals surface area contributed by atoms with E-state index >= 15 is 0 Å². The van der Waals surface area contributed by atoms with E-state index in [0.717, 1.165) is 5.70 Å². The van der Waals surface area contributed by atoms with Gasteiger partial charge in [0.15, 0.2) is 0 Å². The lowest BCUT2D eigenvalue weighted by molar-refractivity contribution is -0.120. The van der Waals surface area contributed by atoms with E-state index < -0.39 is 0 Å². The number of allylic oxidation sites excluding steroid dienone is 4. The smallest absolute Gasteiger partial charge is 0.224 e. The van der Waals surface area contributed by atoms with Crippen molar-refractivity contribution in [2.45, 2.75) is 20.3 Å². The van der Waals surface area contributed by atoms with Crippen LogP contribution >= 0.6 is 0 Å². The SMILES string of the molecule is C=C/C(=C\C=C/C)NC(=O)CC.[HH]. The fourth-order valence-electron chi connectivity index (χ4n) is 0.610. The Morgan fingerprint density at radius 2 is 2.33 bits per heavy atom. The minimum Gasteiger partial charge on any atom is -0.326 e. The highest BCUT2D eigenvalue weighted by molar-refractivity contribution is 5.77. The third-order valence-corrected chi connectivity index (χ3v) is 1.29. The van der Waals surface area contributed by atoms with Gasteiger partial charge in [0, 0.05) is 13.5 Å². The van der Waals surface area contributed by atoms with E-state index in [1.54, 1.807) is 12.2 Å². The normalized spacial score (nSPS) is 11.7. The van der Waals surface area contributed by atoms with Crippen molar-refractivity contribution < 1.29 is 6.22 Å². The minimum absolute atomic E-state index is 0. The molecule has 0 bridgehead atoms. The van der Waals surface area contributed by atoms with Crippen LogP contribution in [0.1, 0.15) is 21.7 Å². The second-order valence-corrected chi connectivity index (χ2v) is 2.25. The molecule has 0 saturated heterocycles. The van der Waals surface area contributed by atoms with E-state index in [2.05, 4.69) is 11.9 Å². The van der Waals surface area contributed by atoms with Crippen molar-refractivity contribution in [3.8, 4) is 0 Å². The molecule has 0 aromatic carbocycles. The van der Waals surface area contributed by atoms with Crippen LogP contribution in [0.3, 0.4) is 0 Å². The standard InChI is InChI=1S/C10H15NO.H2/c1-4-7-8-9(5-2)11-10(12)6-3;/h4-5,7-8H,2,6H2,1,3H3,(H,11,12);1H/b7-4-,9-8+;. The maximum Gasteiger partial charge on any atom is 0.224 e. The Morgan fingerprint density at radius 1 is 1.67 bits per heavy atom. The number of hydrogen-bond acceptors (Lipinski definition) is 1. The van der Waals surface area contributed by atoms with Gasteiger partial charge in [-0.1, -0.05) is 25.7 Å². The van der Waals surface area contributed by atoms with E-state index in [-0.39, 0.29) is 7.33 Å². The van der Waals surface area contributed by atoms with Crippen LogP contribution in [0.4, 0.5) is 0 Å². The lowest BCUT2D eigenvalue weighted by Crippen LogP contribution is -2.20. The Hall–Kier alpha value is -1.31. The molecular weight excluding hydrogens is 150 g/mol. The summed E-state index contributed by atoms with van der Waals surface area (Å²) in [4.78, 5) is 10.9. The quantitative estimate of drug-likeness (QED) is 0.640. The molecular formula is C10H17NO. The second-order valence-electron chi connectivity index (χ2n) is 2.25. The summed E-state index contributed by atoms with van der Waals surface area (Å²) >= 11 is 0. The molecule has 0 heterocycles. The Balaban J connectivity index is 0. The summed E-state index contributed by atoms with van der Waals surface area (Å²) < 4.78 is 0. The highest BCUT2D eigenvalue weighted by Gasteiger charge is 1.95. The van der Waals surface area contributed by atoms with Crippen molar-refractivity contribution in [2.75, 3.05) is 0 Å². The van der Waals surface area contributed by atoms with Crippen molar-refractivity contribution >= 4 is 5.91 Å². The van der Waals surface area contributed by atoms with E-state index in [1.807, 2.05) is 26.0 Å². The van der Waals surface area contributed by atoms with Gasteiger partial charge in [-0.15, -0.1) is 0 Å². The summed E-state index contributed by atoms with van der Waals surface area (Å²) in [5.74, 6) is 0.00523. The summed E-state index contributed by atoms with van der Waals surface area (Å²) in [6.07, 6.45) is 7.66. The highest BCUT2D eigenvalue weighted by Crippen LogP contribution is 1.92. The van der Waals surface area contributed by atoms with E-state index in [9.17, 15) is 4.79 Å². The first-order valence-corrected chi connectivity index (χ1v) is 3.99. The molecule has 0 saturated carbocycles. The largest absolute Gasteiger partial charge is 0.326 e. The third-order valence-electron chi connectivity index (χ3n) is 1.29. The second kappa shape index (κ2) is 6.40. The van der Waals surface area contributed by atoms with Crippen LogP contribution in [-0.2, 0) is 4.79 Å². The Labute approximate surface area is 75.2 Å². The Morgan fingerprint density at radius 3 is 2.75 bits per heavy atom. The van der Waals surface area contributed by atoms with Crippen molar-refractivity contribution in [2.24, 2.45) is 0 Å². The van der Waals surface area contributed by atoms with E-state index in [0.29, 0.717) is 6.42 Å². The number of rotatable bonds is 4. The van der Waals surface area contributed by atoms with Crippen LogP contribution in [0.2, 0.25) is 0 Å².